The maximum absolute atomic E-state index is 11.6. The molecule has 0 saturated carbocycles. The van der Waals surface area contributed by atoms with Crippen LogP contribution >= 0.6 is 28.6 Å². The van der Waals surface area contributed by atoms with Gasteiger partial charge >= 0.3 is 0 Å². The van der Waals surface area contributed by atoms with Crippen LogP contribution in [-0.4, -0.2) is 22.8 Å². The Balaban J connectivity index is 2.34. The van der Waals surface area contributed by atoms with Gasteiger partial charge in [-0.2, -0.15) is 12.6 Å². The number of carbonyl (C=O) groups is 1. The average molecular weight is 288 g/mol. The summed E-state index contributed by atoms with van der Waals surface area (Å²) >= 11 is 7.52. The summed E-state index contributed by atoms with van der Waals surface area (Å²) in [5.41, 5.74) is 0.555. The number of nitrogens with zero attached hydrogens (tertiary/aromatic N) is 1. The summed E-state index contributed by atoms with van der Waals surface area (Å²) in [7, 11) is 0. The van der Waals surface area contributed by atoms with Crippen LogP contribution in [0, 0.1) is 0 Å². The van der Waals surface area contributed by atoms with E-state index in [0.717, 1.165) is 4.47 Å². The fraction of sp³-hybridized carbons (Fsp3) is 0.300. The summed E-state index contributed by atoms with van der Waals surface area (Å²) in [5.74, 6) is 0.118. The van der Waals surface area contributed by atoms with E-state index in [9.17, 15) is 9.90 Å². The molecule has 0 aliphatic carbocycles. The van der Waals surface area contributed by atoms with Crippen molar-refractivity contribution >= 4 is 40.2 Å². The maximum atomic E-state index is 11.6. The van der Waals surface area contributed by atoms with Crippen molar-refractivity contribution in [1.29, 1.82) is 0 Å². The molecule has 5 heteroatoms. The van der Waals surface area contributed by atoms with Crippen LogP contribution in [-0.2, 0) is 4.79 Å². The first-order valence-electron chi connectivity index (χ1n) is 4.55. The van der Waals surface area contributed by atoms with Gasteiger partial charge in [-0.3, -0.25) is 4.79 Å². The first-order valence-corrected chi connectivity index (χ1v) is 5.86. The summed E-state index contributed by atoms with van der Waals surface area (Å²) in [6.07, 6.45) is 0.429. The van der Waals surface area contributed by atoms with Crippen molar-refractivity contribution in [2.45, 2.75) is 11.7 Å². The lowest BCUT2D eigenvalue weighted by molar-refractivity contribution is -0.117. The SMILES string of the molecule is O=C1CC(S)CN1c1ccc(Br)cc1O. The molecule has 1 aliphatic heterocycles. The molecule has 1 unspecified atom stereocenters. The molecule has 80 valence electrons. The van der Waals surface area contributed by atoms with Gasteiger partial charge in [0.1, 0.15) is 5.75 Å². The largest absolute Gasteiger partial charge is 0.506 e. The number of aromatic hydroxyl groups is 1. The van der Waals surface area contributed by atoms with Crippen molar-refractivity contribution in [2.75, 3.05) is 11.4 Å². The van der Waals surface area contributed by atoms with Crippen LogP contribution in [0.15, 0.2) is 22.7 Å². The molecule has 1 N–H and O–H groups in total. The van der Waals surface area contributed by atoms with Crippen LogP contribution in [0.25, 0.3) is 0 Å². The van der Waals surface area contributed by atoms with Gasteiger partial charge in [-0.1, -0.05) is 15.9 Å². The molecular formula is C10H10BrNO2S. The summed E-state index contributed by atoms with van der Waals surface area (Å²) in [6, 6.07) is 5.10. The van der Waals surface area contributed by atoms with E-state index in [1.165, 1.54) is 0 Å². The Hall–Kier alpha value is -0.680. The second kappa shape index (κ2) is 4.06. The molecule has 1 heterocycles. The Morgan fingerprint density at radius 1 is 1.53 bits per heavy atom. The van der Waals surface area contributed by atoms with E-state index in [1.807, 2.05) is 0 Å². The average Bonchev–Trinajstić information content (AvgIpc) is 2.45. The Bertz CT molecular complexity index is 410. The predicted molar refractivity (Wildman–Crippen MR) is 65.6 cm³/mol. The van der Waals surface area contributed by atoms with E-state index >= 15 is 0 Å². The van der Waals surface area contributed by atoms with Gasteiger partial charge in [0.25, 0.3) is 0 Å². The summed E-state index contributed by atoms with van der Waals surface area (Å²) in [5, 5.41) is 9.76. The van der Waals surface area contributed by atoms with Crippen molar-refractivity contribution in [3.05, 3.63) is 22.7 Å². The molecule has 1 amide bonds. The summed E-state index contributed by atoms with van der Waals surface area (Å²) in [4.78, 5) is 13.1. The number of hydrogen-bond acceptors (Lipinski definition) is 3. The lowest BCUT2D eigenvalue weighted by atomic mass is 10.2. The van der Waals surface area contributed by atoms with Crippen LogP contribution in [0.2, 0.25) is 0 Å². The van der Waals surface area contributed by atoms with Crippen LogP contribution < -0.4 is 4.90 Å². The number of hydrogen-bond donors (Lipinski definition) is 2. The van der Waals surface area contributed by atoms with Crippen LogP contribution in [0.1, 0.15) is 6.42 Å². The first kappa shape index (κ1) is 10.8. The van der Waals surface area contributed by atoms with Gasteiger partial charge in [0, 0.05) is 22.7 Å². The number of phenols is 1. The third-order valence-electron chi connectivity index (χ3n) is 2.33. The predicted octanol–water partition coefficient (Wildman–Crippen LogP) is 2.19. The summed E-state index contributed by atoms with van der Waals surface area (Å²) in [6.45, 7) is 0.553. The van der Waals surface area contributed by atoms with E-state index in [2.05, 4.69) is 28.6 Å². The first-order chi connectivity index (χ1) is 7.08. The molecule has 2 rings (SSSR count). The number of amides is 1. The maximum Gasteiger partial charge on any atom is 0.228 e. The molecule has 1 fully saturated rings. The lowest BCUT2D eigenvalue weighted by Gasteiger charge is -2.17. The van der Waals surface area contributed by atoms with Crippen LogP contribution in [0.4, 0.5) is 5.69 Å². The minimum absolute atomic E-state index is 0.00706. The van der Waals surface area contributed by atoms with Gasteiger partial charge in [0.05, 0.1) is 5.69 Å². The molecule has 3 nitrogen and oxygen atoms in total. The van der Waals surface area contributed by atoms with Crippen LogP contribution in [0.3, 0.4) is 0 Å². The normalized spacial score (nSPS) is 21.1. The highest BCUT2D eigenvalue weighted by Gasteiger charge is 2.29. The standard InChI is InChI=1S/C10H10BrNO2S/c11-6-1-2-8(9(13)3-6)12-5-7(15)4-10(12)14/h1-3,7,13,15H,4-5H2. The molecule has 1 saturated heterocycles. The Labute approximate surface area is 102 Å². The quantitative estimate of drug-likeness (QED) is 0.778. The van der Waals surface area contributed by atoms with E-state index < -0.39 is 0 Å². The number of benzene rings is 1. The number of carbonyl (C=O) groups excluding carboxylic acids is 1. The minimum atomic E-state index is 0.00706. The molecular weight excluding hydrogens is 278 g/mol. The molecule has 0 aromatic heterocycles. The number of phenolic OH excluding ortho intramolecular Hbond substituents is 1. The zero-order valence-corrected chi connectivity index (χ0v) is 10.3. The third-order valence-corrected chi connectivity index (χ3v) is 3.17. The van der Waals surface area contributed by atoms with Crippen molar-refractivity contribution < 1.29 is 9.90 Å². The second-order valence-corrected chi connectivity index (χ2v) is 5.14. The highest BCUT2D eigenvalue weighted by molar-refractivity contribution is 9.10. The number of thiol groups is 1. The van der Waals surface area contributed by atoms with Gasteiger partial charge in [-0.15, -0.1) is 0 Å². The molecule has 0 bridgehead atoms. The molecule has 1 atom stereocenters. The van der Waals surface area contributed by atoms with Gasteiger partial charge in [0.15, 0.2) is 0 Å². The van der Waals surface area contributed by atoms with E-state index in [1.54, 1.807) is 23.1 Å². The van der Waals surface area contributed by atoms with Crippen molar-refractivity contribution in [1.82, 2.24) is 0 Å². The van der Waals surface area contributed by atoms with Crippen LogP contribution in [0.5, 0.6) is 5.75 Å². The highest BCUT2D eigenvalue weighted by Crippen LogP contribution is 2.33. The topological polar surface area (TPSA) is 40.5 Å². The van der Waals surface area contributed by atoms with E-state index in [4.69, 9.17) is 0 Å². The van der Waals surface area contributed by atoms with E-state index in [0.29, 0.717) is 18.7 Å². The smallest absolute Gasteiger partial charge is 0.228 e. The van der Waals surface area contributed by atoms with Gasteiger partial charge in [0.2, 0.25) is 5.91 Å². The molecule has 1 aromatic rings. The zero-order valence-electron chi connectivity index (χ0n) is 7.85. The summed E-state index contributed by atoms with van der Waals surface area (Å²) < 4.78 is 0.790. The molecule has 0 radical (unpaired) electrons. The number of anilines is 1. The Morgan fingerprint density at radius 3 is 2.80 bits per heavy atom. The number of halogens is 1. The highest BCUT2D eigenvalue weighted by atomic mass is 79.9. The Kier molecular flexibility index (Phi) is 2.93. The third kappa shape index (κ3) is 2.13. The fourth-order valence-corrected chi connectivity index (χ4v) is 2.31. The van der Waals surface area contributed by atoms with Gasteiger partial charge in [-0.05, 0) is 18.2 Å². The second-order valence-electron chi connectivity index (χ2n) is 3.50. The van der Waals surface area contributed by atoms with Gasteiger partial charge < -0.3 is 10.0 Å². The van der Waals surface area contributed by atoms with E-state index in [-0.39, 0.29) is 16.9 Å². The van der Waals surface area contributed by atoms with Crippen molar-refractivity contribution in [3.63, 3.8) is 0 Å². The molecule has 0 spiro atoms. The lowest BCUT2D eigenvalue weighted by Crippen LogP contribution is -2.24. The van der Waals surface area contributed by atoms with Crippen molar-refractivity contribution in [3.8, 4) is 5.75 Å². The molecule has 15 heavy (non-hydrogen) atoms. The zero-order chi connectivity index (χ0) is 11.0. The molecule has 1 aliphatic rings. The molecule has 1 aromatic carbocycles. The fourth-order valence-electron chi connectivity index (χ4n) is 1.65. The monoisotopic (exact) mass is 287 g/mol. The number of rotatable bonds is 1. The minimum Gasteiger partial charge on any atom is -0.506 e. The van der Waals surface area contributed by atoms with Crippen molar-refractivity contribution in [2.24, 2.45) is 0 Å². The Morgan fingerprint density at radius 2 is 2.27 bits per heavy atom. The van der Waals surface area contributed by atoms with Gasteiger partial charge in [-0.25, -0.2) is 0 Å².